The van der Waals surface area contributed by atoms with Gasteiger partial charge in [-0.3, -0.25) is 13.9 Å². The fourth-order valence-corrected chi connectivity index (χ4v) is 5.40. The molecule has 0 spiro atoms. The first-order chi connectivity index (χ1) is 17.5. The van der Waals surface area contributed by atoms with Crippen molar-refractivity contribution in [2.45, 2.75) is 58.5 Å². The summed E-state index contributed by atoms with van der Waals surface area (Å²) in [4.78, 5) is 27.9. The summed E-state index contributed by atoms with van der Waals surface area (Å²) in [5.41, 5.74) is 0.432. The normalized spacial score (nSPS) is 12.2. The molecule has 0 aliphatic rings. The first-order valence-electron chi connectivity index (χ1n) is 12.2. The van der Waals surface area contributed by atoms with Crippen molar-refractivity contribution >= 4 is 50.7 Å². The van der Waals surface area contributed by atoms with Crippen molar-refractivity contribution in [3.05, 3.63) is 63.9 Å². The fraction of sp³-hybridized carbons (Fsp3) is 0.462. The number of amides is 2. The van der Waals surface area contributed by atoms with Gasteiger partial charge < -0.3 is 10.2 Å². The van der Waals surface area contributed by atoms with Crippen LogP contribution in [0.5, 0.6) is 0 Å². The largest absolute Gasteiger partial charge is 0.354 e. The molecule has 0 aliphatic carbocycles. The van der Waals surface area contributed by atoms with Gasteiger partial charge in [0.15, 0.2) is 0 Å². The van der Waals surface area contributed by atoms with Crippen LogP contribution in [-0.4, -0.2) is 50.5 Å². The van der Waals surface area contributed by atoms with E-state index in [0.717, 1.165) is 23.4 Å². The Morgan fingerprint density at radius 1 is 1.03 bits per heavy atom. The first-order valence-corrected chi connectivity index (χ1v) is 14.8. The molecule has 1 atom stereocenters. The number of para-hydroxylation sites is 1. The molecule has 0 saturated carbocycles. The lowest BCUT2D eigenvalue weighted by atomic mass is 10.1. The van der Waals surface area contributed by atoms with Crippen LogP contribution in [0.1, 0.15) is 51.5 Å². The van der Waals surface area contributed by atoms with Crippen LogP contribution in [0.2, 0.25) is 10.0 Å². The highest BCUT2D eigenvalue weighted by molar-refractivity contribution is 7.92. The Kier molecular flexibility index (Phi) is 12.1. The number of nitrogens with one attached hydrogen (secondary N) is 1. The highest BCUT2D eigenvalue weighted by atomic mass is 35.5. The van der Waals surface area contributed by atoms with Gasteiger partial charge in [-0.15, -0.1) is 0 Å². The van der Waals surface area contributed by atoms with Gasteiger partial charge in [0, 0.05) is 41.7 Å². The second kappa shape index (κ2) is 14.5. The molecule has 0 fully saturated rings. The second-order valence-electron chi connectivity index (χ2n) is 8.68. The van der Waals surface area contributed by atoms with Gasteiger partial charge in [0.1, 0.15) is 11.9 Å². The lowest BCUT2D eigenvalue weighted by Gasteiger charge is -2.31. The minimum absolute atomic E-state index is 0.0140. The summed E-state index contributed by atoms with van der Waals surface area (Å²) in [7, 11) is -3.80. The molecule has 0 aromatic heterocycles. The third kappa shape index (κ3) is 8.86. The fourth-order valence-electron chi connectivity index (χ4n) is 3.92. The first kappa shape index (κ1) is 30.9. The minimum Gasteiger partial charge on any atom is -0.354 e. The third-order valence-corrected chi connectivity index (χ3v) is 7.77. The highest BCUT2D eigenvalue weighted by Gasteiger charge is 2.30. The molecular weight excluding hydrogens is 540 g/mol. The summed E-state index contributed by atoms with van der Waals surface area (Å²) in [5.74, 6) is -1.32. The van der Waals surface area contributed by atoms with E-state index in [4.69, 9.17) is 23.2 Å². The Labute approximate surface area is 229 Å². The van der Waals surface area contributed by atoms with E-state index in [-0.39, 0.29) is 43.4 Å². The van der Waals surface area contributed by atoms with E-state index in [1.165, 1.54) is 23.1 Å². The third-order valence-electron chi connectivity index (χ3n) is 5.88. The summed E-state index contributed by atoms with van der Waals surface area (Å²) < 4.78 is 40.0. The van der Waals surface area contributed by atoms with Gasteiger partial charge in [-0.25, -0.2) is 12.8 Å². The summed E-state index contributed by atoms with van der Waals surface area (Å²) in [6.07, 6.45) is 3.11. The second-order valence-corrected chi connectivity index (χ2v) is 11.4. The van der Waals surface area contributed by atoms with Crippen LogP contribution in [0, 0.1) is 5.82 Å². The number of unbranched alkanes of at least 4 members (excludes halogenated alkanes) is 1. The van der Waals surface area contributed by atoms with Crippen LogP contribution in [-0.2, 0) is 26.2 Å². The van der Waals surface area contributed by atoms with Crippen molar-refractivity contribution < 1.29 is 22.4 Å². The average Bonchev–Trinajstić information content (AvgIpc) is 2.83. The molecule has 0 heterocycles. The molecule has 0 bridgehead atoms. The molecule has 0 aliphatic heterocycles. The molecule has 0 radical (unpaired) electrons. The molecule has 2 aromatic rings. The molecule has 7 nitrogen and oxygen atoms in total. The number of nitrogens with zero attached hydrogens (tertiary/aromatic N) is 2. The van der Waals surface area contributed by atoms with Gasteiger partial charge in [0.25, 0.3) is 0 Å². The molecular formula is C26H34Cl2FN3O4S. The summed E-state index contributed by atoms with van der Waals surface area (Å²) in [6.45, 7) is 4.22. The van der Waals surface area contributed by atoms with Gasteiger partial charge in [-0.1, -0.05) is 61.7 Å². The molecule has 0 saturated heterocycles. The van der Waals surface area contributed by atoms with Gasteiger partial charge in [-0.2, -0.15) is 0 Å². The molecule has 37 heavy (non-hydrogen) atoms. The summed E-state index contributed by atoms with van der Waals surface area (Å²) >= 11 is 12.7. The number of hydrogen-bond donors (Lipinski definition) is 1. The van der Waals surface area contributed by atoms with Gasteiger partial charge in [0.05, 0.1) is 11.9 Å². The van der Waals surface area contributed by atoms with Gasteiger partial charge in [-0.05, 0) is 43.5 Å². The van der Waals surface area contributed by atoms with Crippen molar-refractivity contribution in [2.75, 3.05) is 23.7 Å². The number of anilines is 1. The maximum absolute atomic E-state index is 14.3. The molecule has 2 rings (SSSR count). The monoisotopic (exact) mass is 573 g/mol. The molecule has 11 heteroatoms. The number of sulfonamides is 1. The lowest BCUT2D eigenvalue weighted by Crippen LogP contribution is -2.49. The van der Waals surface area contributed by atoms with Crippen LogP contribution >= 0.6 is 23.2 Å². The van der Waals surface area contributed by atoms with E-state index >= 15 is 0 Å². The Balaban J connectivity index is 2.26. The topological polar surface area (TPSA) is 86.8 Å². The van der Waals surface area contributed by atoms with Gasteiger partial charge >= 0.3 is 0 Å². The molecule has 2 amide bonds. The highest BCUT2D eigenvalue weighted by Crippen LogP contribution is 2.28. The van der Waals surface area contributed by atoms with E-state index in [0.29, 0.717) is 28.6 Å². The number of hydrogen-bond acceptors (Lipinski definition) is 4. The van der Waals surface area contributed by atoms with Crippen LogP contribution in [0.3, 0.4) is 0 Å². The molecule has 2 aromatic carbocycles. The van der Waals surface area contributed by atoms with Gasteiger partial charge in [0.2, 0.25) is 21.8 Å². The standard InChI is InChI=1S/C26H34Cl2FN3O4S/c1-4-6-16-30-26(34)23(5-2)31(18-19-20(27)11-9-12-21(19)28)25(33)15-10-17-32(37(3,35)36)24-14-8-7-13-22(24)29/h7-9,11-14,23H,4-6,10,15-18H2,1-3H3,(H,30,34). The lowest BCUT2D eigenvalue weighted by molar-refractivity contribution is -0.141. The number of benzene rings is 2. The predicted molar refractivity (Wildman–Crippen MR) is 147 cm³/mol. The Hall–Kier alpha value is -2.36. The predicted octanol–water partition coefficient (Wildman–Crippen LogP) is 5.40. The van der Waals surface area contributed by atoms with Crippen LogP contribution in [0.15, 0.2) is 42.5 Å². The van der Waals surface area contributed by atoms with E-state index in [9.17, 15) is 22.4 Å². The smallest absolute Gasteiger partial charge is 0.242 e. The number of carbonyl (C=O) groups is 2. The molecule has 1 unspecified atom stereocenters. The van der Waals surface area contributed by atoms with E-state index < -0.39 is 21.9 Å². The van der Waals surface area contributed by atoms with Crippen LogP contribution in [0.4, 0.5) is 10.1 Å². The van der Waals surface area contributed by atoms with Crippen molar-refractivity contribution in [1.29, 1.82) is 0 Å². The number of carbonyl (C=O) groups excluding carboxylic acids is 2. The Bertz CT molecular complexity index is 1160. The van der Waals surface area contributed by atoms with Crippen LogP contribution < -0.4 is 9.62 Å². The number of halogens is 3. The van der Waals surface area contributed by atoms with Crippen molar-refractivity contribution in [2.24, 2.45) is 0 Å². The summed E-state index contributed by atoms with van der Waals surface area (Å²) in [5, 5.41) is 3.62. The molecule has 1 N–H and O–H groups in total. The minimum atomic E-state index is -3.80. The zero-order valence-corrected chi connectivity index (χ0v) is 23.7. The molecule has 204 valence electrons. The van der Waals surface area contributed by atoms with Crippen molar-refractivity contribution in [3.8, 4) is 0 Å². The zero-order valence-electron chi connectivity index (χ0n) is 21.3. The van der Waals surface area contributed by atoms with E-state index in [1.54, 1.807) is 24.3 Å². The average molecular weight is 575 g/mol. The Morgan fingerprint density at radius 3 is 2.24 bits per heavy atom. The van der Waals surface area contributed by atoms with Crippen molar-refractivity contribution in [1.82, 2.24) is 10.2 Å². The van der Waals surface area contributed by atoms with E-state index in [1.807, 2.05) is 13.8 Å². The quantitative estimate of drug-likeness (QED) is 0.306. The van der Waals surface area contributed by atoms with Crippen molar-refractivity contribution in [3.63, 3.8) is 0 Å². The zero-order chi connectivity index (χ0) is 27.6. The van der Waals surface area contributed by atoms with E-state index in [2.05, 4.69) is 5.32 Å². The Morgan fingerprint density at radius 2 is 1.68 bits per heavy atom. The number of rotatable bonds is 14. The summed E-state index contributed by atoms with van der Waals surface area (Å²) in [6, 6.07) is 9.80. The van der Waals surface area contributed by atoms with Crippen LogP contribution in [0.25, 0.3) is 0 Å². The SMILES string of the molecule is CCCCNC(=O)C(CC)N(Cc1c(Cl)cccc1Cl)C(=O)CCCN(c1ccccc1F)S(C)(=O)=O. The maximum Gasteiger partial charge on any atom is 0.242 e. The maximum atomic E-state index is 14.3.